The van der Waals surface area contributed by atoms with Gasteiger partial charge in [-0.05, 0) is 37.6 Å². The topological polar surface area (TPSA) is 84.9 Å². The lowest BCUT2D eigenvalue weighted by molar-refractivity contribution is -0.136. The first-order valence-electron chi connectivity index (χ1n) is 9.06. The molecule has 0 radical (unpaired) electrons. The summed E-state index contributed by atoms with van der Waals surface area (Å²) in [5, 5.41) is 2.54. The van der Waals surface area contributed by atoms with Crippen molar-refractivity contribution in [2.45, 2.75) is 45.6 Å². The molecular formula is C19H26N2O5. The van der Waals surface area contributed by atoms with Gasteiger partial charge in [-0.1, -0.05) is 26.2 Å². The van der Waals surface area contributed by atoms with E-state index in [1.165, 1.54) is 19.8 Å². The Morgan fingerprint density at radius 1 is 1.19 bits per heavy atom. The van der Waals surface area contributed by atoms with Crippen molar-refractivity contribution in [2.75, 3.05) is 19.7 Å². The molecule has 0 aliphatic carbocycles. The second kappa shape index (κ2) is 9.79. The normalized spacial score (nSPS) is 14.7. The number of hydrogen-bond donors (Lipinski definition) is 1. The summed E-state index contributed by atoms with van der Waals surface area (Å²) < 4.78 is 10.8. The van der Waals surface area contributed by atoms with E-state index in [2.05, 4.69) is 12.2 Å². The molecule has 1 N–H and O–H groups in total. The lowest BCUT2D eigenvalue weighted by Gasteiger charge is -2.18. The Kier molecular flexibility index (Phi) is 7.44. The molecule has 3 amide bonds. The monoisotopic (exact) mass is 362 g/mol. The largest absolute Gasteiger partial charge is 0.494 e. The summed E-state index contributed by atoms with van der Waals surface area (Å²) in [5.74, 6) is -0.448. The molecule has 0 unspecified atom stereocenters. The molecule has 2 rings (SSSR count). The summed E-state index contributed by atoms with van der Waals surface area (Å²) in [6.07, 6.45) is 3.49. The van der Waals surface area contributed by atoms with Crippen LogP contribution in [0.25, 0.3) is 0 Å². The van der Waals surface area contributed by atoms with Gasteiger partial charge in [0.05, 0.1) is 12.2 Å². The maximum absolute atomic E-state index is 12.2. The third kappa shape index (κ3) is 5.47. The number of rotatable bonds is 9. The van der Waals surface area contributed by atoms with Crippen LogP contribution in [0.2, 0.25) is 0 Å². The van der Waals surface area contributed by atoms with E-state index in [9.17, 15) is 14.4 Å². The SMILES string of the molecule is CCCCCCOc1ccc(C(=O)O[C@H](C)C(=O)N2CCNC2=O)cc1. The van der Waals surface area contributed by atoms with Crippen LogP contribution < -0.4 is 10.1 Å². The maximum atomic E-state index is 12.2. The van der Waals surface area contributed by atoms with Crippen LogP contribution in [0.4, 0.5) is 4.79 Å². The Bertz CT molecular complexity index is 629. The van der Waals surface area contributed by atoms with E-state index in [1.807, 2.05) is 0 Å². The summed E-state index contributed by atoms with van der Waals surface area (Å²) >= 11 is 0. The number of amides is 3. The van der Waals surface area contributed by atoms with E-state index in [0.29, 0.717) is 24.5 Å². The number of hydrogen-bond acceptors (Lipinski definition) is 5. The van der Waals surface area contributed by atoms with E-state index in [4.69, 9.17) is 9.47 Å². The predicted octanol–water partition coefficient (Wildman–Crippen LogP) is 2.74. The number of nitrogens with one attached hydrogen (secondary N) is 1. The molecule has 1 atom stereocenters. The molecule has 0 spiro atoms. The number of imide groups is 1. The predicted molar refractivity (Wildman–Crippen MR) is 96.1 cm³/mol. The molecule has 1 fully saturated rings. The Morgan fingerprint density at radius 3 is 2.54 bits per heavy atom. The van der Waals surface area contributed by atoms with E-state index in [1.54, 1.807) is 24.3 Å². The Hall–Kier alpha value is -2.57. The minimum absolute atomic E-state index is 0.282. The summed E-state index contributed by atoms with van der Waals surface area (Å²) in [6, 6.07) is 6.15. The fourth-order valence-corrected chi connectivity index (χ4v) is 2.59. The zero-order chi connectivity index (χ0) is 18.9. The first-order valence-corrected chi connectivity index (χ1v) is 9.06. The third-order valence-electron chi connectivity index (χ3n) is 4.11. The third-order valence-corrected chi connectivity index (χ3v) is 4.11. The first-order chi connectivity index (χ1) is 12.5. The second-order valence-corrected chi connectivity index (χ2v) is 6.20. The second-order valence-electron chi connectivity index (χ2n) is 6.20. The number of carbonyl (C=O) groups is 3. The molecule has 1 aliphatic rings. The summed E-state index contributed by atoms with van der Waals surface area (Å²) in [4.78, 5) is 36.8. The van der Waals surface area contributed by atoms with E-state index in [-0.39, 0.29) is 6.54 Å². The summed E-state index contributed by atoms with van der Waals surface area (Å²) in [5.41, 5.74) is 0.328. The van der Waals surface area contributed by atoms with Crippen molar-refractivity contribution in [3.8, 4) is 5.75 Å². The lowest BCUT2D eigenvalue weighted by Crippen LogP contribution is -2.41. The lowest BCUT2D eigenvalue weighted by atomic mass is 10.2. The fraction of sp³-hybridized carbons (Fsp3) is 0.526. The molecule has 26 heavy (non-hydrogen) atoms. The van der Waals surface area contributed by atoms with Crippen molar-refractivity contribution >= 4 is 17.9 Å². The molecule has 7 nitrogen and oxygen atoms in total. The molecule has 1 heterocycles. The Labute approximate surface area is 153 Å². The molecule has 1 aliphatic heterocycles. The molecule has 0 saturated carbocycles. The summed E-state index contributed by atoms with van der Waals surface area (Å²) in [7, 11) is 0. The standard InChI is InChI=1S/C19H26N2O5/c1-3-4-5-6-13-25-16-9-7-15(8-10-16)18(23)26-14(2)17(22)21-12-11-20-19(21)24/h7-10,14H,3-6,11-13H2,1-2H3,(H,20,24)/t14-/m1/s1. The van der Waals surface area contributed by atoms with Crippen LogP contribution >= 0.6 is 0 Å². The molecule has 0 bridgehead atoms. The van der Waals surface area contributed by atoms with Crippen molar-refractivity contribution in [3.63, 3.8) is 0 Å². The average molecular weight is 362 g/mol. The van der Waals surface area contributed by atoms with Gasteiger partial charge in [0, 0.05) is 13.1 Å². The number of urea groups is 1. The smallest absolute Gasteiger partial charge is 0.338 e. The molecule has 142 valence electrons. The van der Waals surface area contributed by atoms with Gasteiger partial charge in [-0.3, -0.25) is 9.69 Å². The van der Waals surface area contributed by atoms with Gasteiger partial charge in [0.25, 0.3) is 5.91 Å². The Balaban J connectivity index is 1.81. The van der Waals surface area contributed by atoms with Gasteiger partial charge in [-0.15, -0.1) is 0 Å². The highest BCUT2D eigenvalue weighted by Gasteiger charge is 2.31. The van der Waals surface area contributed by atoms with Crippen LogP contribution in [0.15, 0.2) is 24.3 Å². The van der Waals surface area contributed by atoms with Gasteiger partial charge in [0.2, 0.25) is 0 Å². The Morgan fingerprint density at radius 2 is 1.92 bits per heavy atom. The maximum Gasteiger partial charge on any atom is 0.338 e. The van der Waals surface area contributed by atoms with Gasteiger partial charge in [0.15, 0.2) is 6.10 Å². The number of nitrogens with zero attached hydrogens (tertiary/aromatic N) is 1. The molecule has 1 saturated heterocycles. The van der Waals surface area contributed by atoms with Crippen LogP contribution in [-0.2, 0) is 9.53 Å². The van der Waals surface area contributed by atoms with Crippen molar-refractivity contribution < 1.29 is 23.9 Å². The number of unbranched alkanes of at least 4 members (excludes halogenated alkanes) is 3. The van der Waals surface area contributed by atoms with Crippen molar-refractivity contribution in [2.24, 2.45) is 0 Å². The molecule has 7 heteroatoms. The number of ether oxygens (including phenoxy) is 2. The van der Waals surface area contributed by atoms with Crippen LogP contribution in [0.5, 0.6) is 5.75 Å². The van der Waals surface area contributed by atoms with Crippen LogP contribution in [0, 0.1) is 0 Å². The zero-order valence-electron chi connectivity index (χ0n) is 15.3. The van der Waals surface area contributed by atoms with Crippen molar-refractivity contribution in [1.29, 1.82) is 0 Å². The van der Waals surface area contributed by atoms with Crippen molar-refractivity contribution in [1.82, 2.24) is 10.2 Å². The van der Waals surface area contributed by atoms with E-state index >= 15 is 0 Å². The average Bonchev–Trinajstić information content (AvgIpc) is 3.07. The van der Waals surface area contributed by atoms with Gasteiger partial charge >= 0.3 is 12.0 Å². The van der Waals surface area contributed by atoms with Crippen LogP contribution in [0.1, 0.15) is 49.9 Å². The number of esters is 1. The summed E-state index contributed by atoms with van der Waals surface area (Å²) in [6.45, 7) is 4.95. The highest BCUT2D eigenvalue weighted by molar-refractivity contribution is 5.99. The first kappa shape index (κ1) is 19.8. The van der Waals surface area contributed by atoms with Gasteiger partial charge in [0.1, 0.15) is 5.75 Å². The zero-order valence-corrected chi connectivity index (χ0v) is 15.3. The number of carbonyl (C=O) groups excluding carboxylic acids is 3. The van der Waals surface area contributed by atoms with Crippen molar-refractivity contribution in [3.05, 3.63) is 29.8 Å². The number of benzene rings is 1. The fourth-order valence-electron chi connectivity index (χ4n) is 2.59. The molecular weight excluding hydrogens is 336 g/mol. The van der Waals surface area contributed by atoms with E-state index < -0.39 is 24.0 Å². The van der Waals surface area contributed by atoms with Gasteiger partial charge < -0.3 is 14.8 Å². The molecule has 1 aromatic rings. The van der Waals surface area contributed by atoms with Gasteiger partial charge in [-0.2, -0.15) is 0 Å². The van der Waals surface area contributed by atoms with Crippen LogP contribution in [-0.4, -0.2) is 48.6 Å². The highest BCUT2D eigenvalue weighted by atomic mass is 16.5. The molecule has 0 aromatic heterocycles. The quantitative estimate of drug-likeness (QED) is 0.539. The molecule has 1 aromatic carbocycles. The minimum atomic E-state index is -1.03. The van der Waals surface area contributed by atoms with Gasteiger partial charge in [-0.25, -0.2) is 9.59 Å². The highest BCUT2D eigenvalue weighted by Crippen LogP contribution is 2.15. The van der Waals surface area contributed by atoms with Crippen LogP contribution in [0.3, 0.4) is 0 Å². The minimum Gasteiger partial charge on any atom is -0.494 e. The van der Waals surface area contributed by atoms with E-state index in [0.717, 1.165) is 17.7 Å².